The van der Waals surface area contributed by atoms with E-state index in [0.29, 0.717) is 11.6 Å². The van der Waals surface area contributed by atoms with Gasteiger partial charge in [-0.1, -0.05) is 30.7 Å². The molecule has 0 saturated carbocycles. The average molecular weight is 413 g/mol. The van der Waals surface area contributed by atoms with Crippen LogP contribution in [0.1, 0.15) is 18.9 Å². The smallest absolute Gasteiger partial charge is 0.246 e. The van der Waals surface area contributed by atoms with E-state index >= 15 is 0 Å². The number of likely N-dealkylation sites (N-methyl/N-ethyl adjacent to an activating group) is 1. The lowest BCUT2D eigenvalue weighted by molar-refractivity contribution is -0.131. The molecule has 0 aliphatic heterocycles. The molecule has 0 unspecified atom stereocenters. The zero-order chi connectivity index (χ0) is 20.2. The first kappa shape index (κ1) is 21.2. The summed E-state index contributed by atoms with van der Waals surface area (Å²) in [4.78, 5) is 14.5. The number of hydrogen-bond acceptors (Lipinski definition) is 3. The Morgan fingerprint density at radius 1 is 1.11 bits per heavy atom. The Morgan fingerprint density at radius 3 is 2.15 bits per heavy atom. The lowest BCUT2D eigenvalue weighted by atomic mass is 10.1. The highest BCUT2D eigenvalue weighted by Crippen LogP contribution is 2.24. The molecule has 0 aromatic heterocycles. The Kier molecular flexibility index (Phi) is 6.84. The van der Waals surface area contributed by atoms with Gasteiger partial charge in [-0.15, -0.1) is 0 Å². The fourth-order valence-corrected chi connectivity index (χ4v) is 4.16. The van der Waals surface area contributed by atoms with Crippen molar-refractivity contribution in [2.24, 2.45) is 0 Å². The molecule has 0 fully saturated rings. The van der Waals surface area contributed by atoms with Gasteiger partial charge in [-0.25, -0.2) is 12.8 Å². The molecule has 1 amide bonds. The zero-order valence-electron chi connectivity index (χ0n) is 15.4. The Balaban J connectivity index is 2.30. The van der Waals surface area contributed by atoms with Crippen LogP contribution in [0.2, 0.25) is 5.02 Å². The number of carbonyl (C=O) groups excluding carboxylic acids is 1. The first-order chi connectivity index (χ1) is 12.6. The van der Waals surface area contributed by atoms with Gasteiger partial charge in [0.25, 0.3) is 0 Å². The first-order valence-corrected chi connectivity index (χ1v) is 10.6. The number of carbonyl (C=O) groups is 1. The predicted octanol–water partition coefficient (Wildman–Crippen LogP) is 3.68. The maximum absolute atomic E-state index is 13.2. The first-order valence-electron chi connectivity index (χ1n) is 8.38. The number of nitrogens with zero attached hydrogens (tertiary/aromatic N) is 2. The zero-order valence-corrected chi connectivity index (χ0v) is 17.0. The Bertz CT molecular complexity index is 886. The number of sulfonamides is 1. The fourth-order valence-electron chi connectivity index (χ4n) is 2.83. The number of anilines is 1. The highest BCUT2D eigenvalue weighted by atomic mass is 35.5. The molecule has 0 heterocycles. The van der Waals surface area contributed by atoms with Crippen LogP contribution in [0, 0.1) is 5.82 Å². The minimum atomic E-state index is -3.75. The quantitative estimate of drug-likeness (QED) is 0.697. The molecule has 5 nitrogen and oxygen atoms in total. The van der Waals surface area contributed by atoms with E-state index in [1.165, 1.54) is 29.2 Å². The van der Waals surface area contributed by atoms with Crippen LogP contribution in [0.3, 0.4) is 0 Å². The fraction of sp³-hybridized carbons (Fsp3) is 0.316. The molecular weight excluding hydrogens is 391 g/mol. The van der Waals surface area contributed by atoms with Crippen molar-refractivity contribution >= 4 is 33.2 Å². The Labute approximate surface area is 164 Å². The summed E-state index contributed by atoms with van der Waals surface area (Å²) < 4.78 is 39.1. The van der Waals surface area contributed by atoms with Crippen molar-refractivity contribution in [3.63, 3.8) is 0 Å². The average Bonchev–Trinajstić information content (AvgIpc) is 2.61. The third-order valence-corrected chi connectivity index (χ3v) is 5.53. The number of hydrogen-bond donors (Lipinski definition) is 0. The van der Waals surface area contributed by atoms with Crippen molar-refractivity contribution in [1.29, 1.82) is 0 Å². The maximum Gasteiger partial charge on any atom is 0.246 e. The largest absolute Gasteiger partial charge is 0.340 e. The third-order valence-electron chi connectivity index (χ3n) is 4.10. The van der Waals surface area contributed by atoms with E-state index in [2.05, 4.69) is 0 Å². The number of rotatable bonds is 7. The lowest BCUT2D eigenvalue weighted by Crippen LogP contribution is -2.49. The molecule has 27 heavy (non-hydrogen) atoms. The summed E-state index contributed by atoms with van der Waals surface area (Å²) in [5, 5.41) is 0.596. The van der Waals surface area contributed by atoms with Crippen LogP contribution in [-0.4, -0.2) is 38.6 Å². The van der Waals surface area contributed by atoms with Crippen molar-refractivity contribution in [3.05, 3.63) is 64.9 Å². The van der Waals surface area contributed by atoms with Gasteiger partial charge in [-0.3, -0.25) is 9.10 Å². The summed E-state index contributed by atoms with van der Waals surface area (Å²) in [6.45, 7) is 2.05. The third kappa shape index (κ3) is 5.43. The van der Waals surface area contributed by atoms with Gasteiger partial charge in [0.05, 0.1) is 11.9 Å². The van der Waals surface area contributed by atoms with E-state index in [-0.39, 0.29) is 18.0 Å². The van der Waals surface area contributed by atoms with E-state index in [4.69, 9.17) is 11.6 Å². The van der Waals surface area contributed by atoms with E-state index in [0.717, 1.165) is 16.1 Å². The SMILES string of the molecule is CC[C@H](C(=O)N(C)Cc1ccc(Cl)cc1)N(c1ccc(F)cc1)S(C)(=O)=O. The second kappa shape index (κ2) is 8.71. The van der Waals surface area contributed by atoms with Crippen LogP contribution in [0.4, 0.5) is 10.1 Å². The Morgan fingerprint density at radius 2 is 1.67 bits per heavy atom. The molecule has 2 aromatic carbocycles. The minimum Gasteiger partial charge on any atom is -0.340 e. The van der Waals surface area contributed by atoms with Gasteiger partial charge < -0.3 is 4.90 Å². The molecule has 0 aliphatic carbocycles. The highest BCUT2D eigenvalue weighted by molar-refractivity contribution is 7.92. The van der Waals surface area contributed by atoms with Crippen molar-refractivity contribution in [2.45, 2.75) is 25.9 Å². The maximum atomic E-state index is 13.2. The molecule has 2 rings (SSSR count). The number of halogens is 2. The van der Waals surface area contributed by atoms with Crippen LogP contribution < -0.4 is 4.31 Å². The van der Waals surface area contributed by atoms with Gasteiger partial charge in [0.15, 0.2) is 0 Å². The summed E-state index contributed by atoms with van der Waals surface area (Å²) in [6, 6.07) is 11.2. The molecular formula is C19H22ClFN2O3S. The number of benzene rings is 2. The van der Waals surface area contributed by atoms with Gasteiger partial charge in [0, 0.05) is 18.6 Å². The second-order valence-corrected chi connectivity index (χ2v) is 8.58. The molecule has 2 aromatic rings. The molecule has 1 atom stereocenters. The minimum absolute atomic E-state index is 0.249. The Hall–Kier alpha value is -2.12. The van der Waals surface area contributed by atoms with Crippen LogP contribution in [0.25, 0.3) is 0 Å². The number of amides is 1. The van der Waals surface area contributed by atoms with Gasteiger partial charge in [0.2, 0.25) is 15.9 Å². The van der Waals surface area contributed by atoms with Crippen LogP contribution in [0.5, 0.6) is 0 Å². The van der Waals surface area contributed by atoms with Crippen molar-refractivity contribution in [2.75, 3.05) is 17.6 Å². The van der Waals surface area contributed by atoms with E-state index in [1.54, 1.807) is 38.2 Å². The summed E-state index contributed by atoms with van der Waals surface area (Å²) in [6.07, 6.45) is 1.31. The van der Waals surface area contributed by atoms with Crippen LogP contribution in [0.15, 0.2) is 48.5 Å². The molecule has 0 radical (unpaired) electrons. The molecule has 0 aliphatic rings. The van der Waals surface area contributed by atoms with Crippen molar-refractivity contribution in [3.8, 4) is 0 Å². The monoisotopic (exact) mass is 412 g/mol. The normalized spacial score (nSPS) is 12.5. The molecule has 0 N–H and O–H groups in total. The van der Waals surface area contributed by atoms with Gasteiger partial charge in [-0.2, -0.15) is 0 Å². The summed E-state index contributed by atoms with van der Waals surface area (Å²) >= 11 is 5.87. The van der Waals surface area contributed by atoms with Gasteiger partial charge in [0.1, 0.15) is 11.9 Å². The second-order valence-electron chi connectivity index (χ2n) is 6.28. The lowest BCUT2D eigenvalue weighted by Gasteiger charge is -2.32. The summed E-state index contributed by atoms with van der Waals surface area (Å²) in [5.74, 6) is -0.825. The standard InChI is InChI=1S/C19H22ClFN2O3S/c1-4-18(19(24)22(2)13-14-5-7-15(20)8-6-14)23(27(3,25)26)17-11-9-16(21)10-12-17/h5-12,18H,4,13H2,1-3H3/t18-/m1/s1. The van der Waals surface area contributed by atoms with Crippen LogP contribution >= 0.6 is 11.6 Å². The molecule has 0 bridgehead atoms. The molecule has 146 valence electrons. The molecule has 0 spiro atoms. The van der Waals surface area contributed by atoms with Gasteiger partial charge in [-0.05, 0) is 48.4 Å². The van der Waals surface area contributed by atoms with E-state index in [1.807, 2.05) is 0 Å². The topological polar surface area (TPSA) is 57.7 Å². The van der Waals surface area contributed by atoms with Gasteiger partial charge >= 0.3 is 0 Å². The predicted molar refractivity (Wildman–Crippen MR) is 106 cm³/mol. The molecule has 0 saturated heterocycles. The van der Waals surface area contributed by atoms with Crippen molar-refractivity contribution < 1.29 is 17.6 Å². The summed E-state index contributed by atoms with van der Waals surface area (Å²) in [5.41, 5.74) is 1.12. The highest BCUT2D eigenvalue weighted by Gasteiger charge is 2.33. The summed E-state index contributed by atoms with van der Waals surface area (Å²) in [7, 11) is -2.14. The molecule has 8 heteroatoms. The van der Waals surface area contributed by atoms with Crippen LogP contribution in [-0.2, 0) is 21.4 Å². The van der Waals surface area contributed by atoms with E-state index < -0.39 is 21.9 Å². The van der Waals surface area contributed by atoms with E-state index in [9.17, 15) is 17.6 Å². The van der Waals surface area contributed by atoms with Crippen molar-refractivity contribution in [1.82, 2.24) is 4.90 Å².